The monoisotopic (exact) mass is 287 g/mol. The lowest BCUT2D eigenvalue weighted by Crippen LogP contribution is -2.44. The van der Waals surface area contributed by atoms with E-state index >= 15 is 0 Å². The molecule has 0 spiro atoms. The number of aromatic nitrogens is 2. The maximum atomic E-state index is 12.4. The van der Waals surface area contributed by atoms with E-state index in [4.69, 9.17) is 4.42 Å². The van der Waals surface area contributed by atoms with Crippen LogP contribution in [0, 0.1) is 5.92 Å². The van der Waals surface area contributed by atoms with Crippen molar-refractivity contribution < 1.29 is 14.3 Å². The standard InChI is InChI=1S/C15H17N3O3/c1-10-8-18(7-6-13(10)19)15(20)12-4-2-11(3-5-12)14-17-16-9-21-14/h2-5,9-10,13,19H,6-8H2,1H3. The Labute approximate surface area is 122 Å². The molecular formula is C15H17N3O3. The predicted molar refractivity (Wildman–Crippen MR) is 75.4 cm³/mol. The number of piperidine rings is 1. The Bertz CT molecular complexity index is 610. The van der Waals surface area contributed by atoms with Crippen molar-refractivity contribution in [1.82, 2.24) is 15.1 Å². The Kier molecular flexibility index (Phi) is 3.70. The summed E-state index contributed by atoms with van der Waals surface area (Å²) < 4.78 is 5.12. The second kappa shape index (κ2) is 5.65. The molecule has 1 saturated heterocycles. The van der Waals surface area contributed by atoms with Crippen molar-refractivity contribution in [2.45, 2.75) is 19.4 Å². The molecule has 0 radical (unpaired) electrons. The van der Waals surface area contributed by atoms with Gasteiger partial charge in [0.15, 0.2) is 0 Å². The van der Waals surface area contributed by atoms with E-state index in [9.17, 15) is 9.90 Å². The number of hydrogen-bond acceptors (Lipinski definition) is 5. The fourth-order valence-electron chi connectivity index (χ4n) is 2.55. The average molecular weight is 287 g/mol. The largest absolute Gasteiger partial charge is 0.423 e. The summed E-state index contributed by atoms with van der Waals surface area (Å²) in [6, 6.07) is 7.11. The van der Waals surface area contributed by atoms with E-state index < -0.39 is 0 Å². The van der Waals surface area contributed by atoms with Crippen LogP contribution in [-0.2, 0) is 0 Å². The SMILES string of the molecule is CC1CN(C(=O)c2ccc(-c3nnco3)cc2)CCC1O. The summed E-state index contributed by atoms with van der Waals surface area (Å²) in [4.78, 5) is 14.2. The van der Waals surface area contributed by atoms with Crippen LogP contribution >= 0.6 is 0 Å². The van der Waals surface area contributed by atoms with Crippen molar-refractivity contribution in [2.75, 3.05) is 13.1 Å². The summed E-state index contributed by atoms with van der Waals surface area (Å²) in [5.74, 6) is 0.537. The molecule has 1 aromatic heterocycles. The number of carbonyl (C=O) groups excluding carboxylic acids is 1. The van der Waals surface area contributed by atoms with Gasteiger partial charge in [0.05, 0.1) is 6.10 Å². The Balaban J connectivity index is 1.73. The highest BCUT2D eigenvalue weighted by molar-refractivity contribution is 5.94. The van der Waals surface area contributed by atoms with Crippen molar-refractivity contribution in [1.29, 1.82) is 0 Å². The maximum Gasteiger partial charge on any atom is 0.253 e. The molecule has 1 N–H and O–H groups in total. The van der Waals surface area contributed by atoms with E-state index in [0.717, 1.165) is 5.56 Å². The first-order valence-electron chi connectivity index (χ1n) is 6.99. The van der Waals surface area contributed by atoms with E-state index in [-0.39, 0.29) is 17.9 Å². The average Bonchev–Trinajstić information content (AvgIpc) is 3.04. The fraction of sp³-hybridized carbons (Fsp3) is 0.400. The number of aliphatic hydroxyl groups excluding tert-OH is 1. The van der Waals surface area contributed by atoms with Gasteiger partial charge in [-0.25, -0.2) is 0 Å². The first-order chi connectivity index (χ1) is 10.1. The van der Waals surface area contributed by atoms with E-state index in [0.29, 0.717) is 31.0 Å². The van der Waals surface area contributed by atoms with Crippen LogP contribution in [-0.4, -0.2) is 45.3 Å². The molecule has 1 aliphatic rings. The zero-order chi connectivity index (χ0) is 14.8. The summed E-state index contributed by atoms with van der Waals surface area (Å²) in [7, 11) is 0. The Hall–Kier alpha value is -2.21. The number of likely N-dealkylation sites (tertiary alicyclic amines) is 1. The molecular weight excluding hydrogens is 270 g/mol. The maximum absolute atomic E-state index is 12.4. The minimum Gasteiger partial charge on any atom is -0.423 e. The second-order valence-electron chi connectivity index (χ2n) is 5.41. The molecule has 2 aromatic rings. The van der Waals surface area contributed by atoms with E-state index in [1.165, 1.54) is 6.39 Å². The molecule has 1 fully saturated rings. The molecule has 6 nitrogen and oxygen atoms in total. The Morgan fingerprint density at radius 1 is 1.38 bits per heavy atom. The van der Waals surface area contributed by atoms with Gasteiger partial charge in [-0.1, -0.05) is 6.92 Å². The van der Waals surface area contributed by atoms with E-state index in [1.807, 2.05) is 6.92 Å². The minimum atomic E-state index is -0.311. The molecule has 6 heteroatoms. The zero-order valence-electron chi connectivity index (χ0n) is 11.8. The Morgan fingerprint density at radius 3 is 2.76 bits per heavy atom. The molecule has 0 aliphatic carbocycles. The highest BCUT2D eigenvalue weighted by atomic mass is 16.4. The number of benzene rings is 1. The third kappa shape index (κ3) is 2.80. The quantitative estimate of drug-likeness (QED) is 0.907. The van der Waals surface area contributed by atoms with Gasteiger partial charge >= 0.3 is 0 Å². The van der Waals surface area contributed by atoms with Gasteiger partial charge in [-0.2, -0.15) is 0 Å². The lowest BCUT2D eigenvalue weighted by Gasteiger charge is -2.34. The molecule has 0 bridgehead atoms. The summed E-state index contributed by atoms with van der Waals surface area (Å²) in [6.45, 7) is 3.14. The van der Waals surface area contributed by atoms with Crippen LogP contribution in [0.5, 0.6) is 0 Å². The number of aliphatic hydroxyl groups is 1. The van der Waals surface area contributed by atoms with Crippen LogP contribution < -0.4 is 0 Å². The minimum absolute atomic E-state index is 0.00849. The highest BCUT2D eigenvalue weighted by Gasteiger charge is 2.27. The van der Waals surface area contributed by atoms with Crippen molar-refractivity contribution in [3.63, 3.8) is 0 Å². The number of nitrogens with zero attached hydrogens (tertiary/aromatic N) is 3. The Morgan fingerprint density at radius 2 is 2.14 bits per heavy atom. The first-order valence-corrected chi connectivity index (χ1v) is 6.99. The number of hydrogen-bond donors (Lipinski definition) is 1. The smallest absolute Gasteiger partial charge is 0.253 e. The van der Waals surface area contributed by atoms with Crippen LogP contribution in [0.25, 0.3) is 11.5 Å². The van der Waals surface area contributed by atoms with Gasteiger partial charge in [0.1, 0.15) is 0 Å². The first kappa shape index (κ1) is 13.8. The third-order valence-electron chi connectivity index (χ3n) is 3.89. The van der Waals surface area contributed by atoms with Gasteiger partial charge in [0.25, 0.3) is 5.91 Å². The zero-order valence-corrected chi connectivity index (χ0v) is 11.8. The summed E-state index contributed by atoms with van der Waals surface area (Å²) in [6.07, 6.45) is 1.59. The van der Waals surface area contributed by atoms with Crippen molar-refractivity contribution >= 4 is 5.91 Å². The van der Waals surface area contributed by atoms with Crippen molar-refractivity contribution in [3.05, 3.63) is 36.2 Å². The number of rotatable bonds is 2. The molecule has 3 rings (SSSR count). The van der Waals surface area contributed by atoms with E-state index in [2.05, 4.69) is 10.2 Å². The molecule has 110 valence electrons. The number of carbonyl (C=O) groups is 1. The van der Waals surface area contributed by atoms with Crippen molar-refractivity contribution in [2.24, 2.45) is 5.92 Å². The summed E-state index contributed by atoms with van der Waals surface area (Å²) in [5, 5.41) is 17.2. The molecule has 2 unspecified atom stereocenters. The van der Waals surface area contributed by atoms with Crippen LogP contribution in [0.1, 0.15) is 23.7 Å². The van der Waals surface area contributed by atoms with Gasteiger partial charge in [-0.05, 0) is 36.6 Å². The van der Waals surface area contributed by atoms with Gasteiger partial charge in [-0.15, -0.1) is 10.2 Å². The van der Waals surface area contributed by atoms with Gasteiger partial charge in [-0.3, -0.25) is 4.79 Å². The van der Waals surface area contributed by atoms with E-state index in [1.54, 1.807) is 29.2 Å². The fourth-order valence-corrected chi connectivity index (χ4v) is 2.55. The van der Waals surface area contributed by atoms with Gasteiger partial charge < -0.3 is 14.4 Å². The van der Waals surface area contributed by atoms with Gasteiger partial charge in [0, 0.05) is 24.2 Å². The van der Waals surface area contributed by atoms with Crippen LogP contribution in [0.3, 0.4) is 0 Å². The third-order valence-corrected chi connectivity index (χ3v) is 3.89. The molecule has 21 heavy (non-hydrogen) atoms. The number of amides is 1. The highest BCUT2D eigenvalue weighted by Crippen LogP contribution is 2.21. The topological polar surface area (TPSA) is 79.5 Å². The summed E-state index contributed by atoms with van der Waals surface area (Å²) >= 11 is 0. The normalized spacial score (nSPS) is 22.3. The molecule has 0 saturated carbocycles. The molecule has 2 heterocycles. The van der Waals surface area contributed by atoms with Crippen molar-refractivity contribution in [3.8, 4) is 11.5 Å². The molecule has 1 amide bonds. The molecule has 1 aromatic carbocycles. The second-order valence-corrected chi connectivity index (χ2v) is 5.41. The predicted octanol–water partition coefficient (Wildman–Crippen LogP) is 1.58. The molecule has 1 aliphatic heterocycles. The molecule has 2 atom stereocenters. The van der Waals surface area contributed by atoms with Crippen LogP contribution in [0.2, 0.25) is 0 Å². The van der Waals surface area contributed by atoms with Crippen LogP contribution in [0.15, 0.2) is 35.1 Å². The lowest BCUT2D eigenvalue weighted by molar-refractivity contribution is 0.0297. The summed E-state index contributed by atoms with van der Waals surface area (Å²) in [5.41, 5.74) is 1.41. The van der Waals surface area contributed by atoms with Gasteiger partial charge in [0.2, 0.25) is 12.3 Å². The van der Waals surface area contributed by atoms with Crippen LogP contribution in [0.4, 0.5) is 0 Å². The lowest BCUT2D eigenvalue weighted by atomic mass is 9.96.